The Morgan fingerprint density at radius 2 is 1.52 bits per heavy atom. The van der Waals surface area contributed by atoms with Crippen LogP contribution >= 0.6 is 0 Å². The Morgan fingerprint density at radius 3 is 1.96 bits per heavy atom. The minimum absolute atomic E-state index is 0. The van der Waals surface area contributed by atoms with Gasteiger partial charge in [-0.15, -0.1) is 0 Å². The summed E-state index contributed by atoms with van der Waals surface area (Å²) >= 11 is 0. The first kappa shape index (κ1) is 26.7. The largest absolute Gasteiger partial charge is 0.386 e. The minimum atomic E-state index is 0. The van der Waals surface area contributed by atoms with Gasteiger partial charge in [-0.2, -0.15) is 0 Å². The molecular formula is C20H43N3. The van der Waals surface area contributed by atoms with Gasteiger partial charge in [0.05, 0.1) is 11.4 Å². The molecule has 0 aromatic heterocycles. The van der Waals surface area contributed by atoms with Crippen LogP contribution in [0, 0.1) is 0 Å². The molecule has 1 aromatic carbocycles. The number of nitrogens with one attached hydrogen (secondary N) is 2. The average Bonchev–Trinajstić information content (AvgIpc) is 2.59. The van der Waals surface area contributed by atoms with Crippen molar-refractivity contribution >= 4 is 11.4 Å². The summed E-state index contributed by atoms with van der Waals surface area (Å²) in [5.41, 5.74) is 2.36. The van der Waals surface area contributed by atoms with Crippen LogP contribution in [0.25, 0.3) is 0 Å². The Hall–Kier alpha value is -1.22. The summed E-state index contributed by atoms with van der Waals surface area (Å²) in [6.45, 7) is 14.6. The van der Waals surface area contributed by atoms with Crippen LogP contribution in [-0.2, 0) is 0 Å². The van der Waals surface area contributed by atoms with E-state index in [2.05, 4.69) is 60.7 Å². The maximum Gasteiger partial charge on any atom is 0.0578 e. The molecule has 0 spiro atoms. The second kappa shape index (κ2) is 18.8. The number of rotatable bonds is 8. The van der Waals surface area contributed by atoms with Gasteiger partial charge in [0.1, 0.15) is 0 Å². The van der Waals surface area contributed by atoms with Crippen molar-refractivity contribution in [3.8, 4) is 0 Å². The zero-order valence-electron chi connectivity index (χ0n) is 16.2. The molecule has 3 heteroatoms. The lowest BCUT2D eigenvalue weighted by molar-refractivity contribution is 0.327. The Labute approximate surface area is 146 Å². The van der Waals surface area contributed by atoms with Crippen molar-refractivity contribution < 1.29 is 0 Å². The molecule has 0 amide bonds. The smallest absolute Gasteiger partial charge is 0.0578 e. The number of nitrogens with zero attached hydrogens (tertiary/aromatic N) is 1. The molecule has 0 aliphatic carbocycles. The fourth-order valence-electron chi connectivity index (χ4n) is 2.11. The molecule has 138 valence electrons. The Balaban J connectivity index is -0.000000739. The normalized spacial score (nSPS) is 10.3. The molecular weight excluding hydrogens is 282 g/mol. The van der Waals surface area contributed by atoms with Crippen molar-refractivity contribution in [2.24, 2.45) is 0 Å². The topological polar surface area (TPSA) is 27.3 Å². The van der Waals surface area contributed by atoms with Crippen LogP contribution in [0.1, 0.15) is 61.8 Å². The molecule has 3 nitrogen and oxygen atoms in total. The van der Waals surface area contributed by atoms with Crippen molar-refractivity contribution in [3.05, 3.63) is 24.3 Å². The summed E-state index contributed by atoms with van der Waals surface area (Å²) < 4.78 is 0. The number of para-hydroxylation sites is 2. The van der Waals surface area contributed by atoms with Crippen LogP contribution in [0.4, 0.5) is 11.4 Å². The van der Waals surface area contributed by atoms with Gasteiger partial charge in [0.25, 0.3) is 0 Å². The predicted octanol–water partition coefficient (Wildman–Crippen LogP) is 5.95. The van der Waals surface area contributed by atoms with E-state index in [9.17, 15) is 0 Å². The Kier molecular flexibility index (Phi) is 21.8. The molecule has 0 heterocycles. The second-order valence-electron chi connectivity index (χ2n) is 4.78. The first-order valence-corrected chi connectivity index (χ1v) is 8.93. The van der Waals surface area contributed by atoms with Gasteiger partial charge >= 0.3 is 0 Å². The third-order valence-corrected chi connectivity index (χ3v) is 3.27. The molecule has 0 fully saturated rings. The van der Waals surface area contributed by atoms with Gasteiger partial charge in [0.15, 0.2) is 0 Å². The standard InChI is InChI=1S/C15H27N3.2C2H6.CH4/c1-5-9-13(12-18(4)6-2)17-15-11-8-7-10-14(15)16-3;2*1-2;/h7-8,10-11,13,16-17H,5-6,9,12H2,1-4H3;2*1-2H3;1H4. The van der Waals surface area contributed by atoms with E-state index in [1.165, 1.54) is 18.5 Å². The number of likely N-dealkylation sites (N-methyl/N-ethyl adjacent to an activating group) is 1. The van der Waals surface area contributed by atoms with Crippen molar-refractivity contribution in [1.82, 2.24) is 4.90 Å². The van der Waals surface area contributed by atoms with Gasteiger partial charge in [-0.25, -0.2) is 0 Å². The molecule has 23 heavy (non-hydrogen) atoms. The molecule has 0 aliphatic rings. The quantitative estimate of drug-likeness (QED) is 0.618. The first-order chi connectivity index (χ1) is 10.7. The highest BCUT2D eigenvalue weighted by molar-refractivity contribution is 5.68. The first-order valence-electron chi connectivity index (χ1n) is 8.93. The molecule has 1 atom stereocenters. The average molecular weight is 326 g/mol. The van der Waals surface area contributed by atoms with Gasteiger partial charge in [-0.1, -0.05) is 67.5 Å². The second-order valence-corrected chi connectivity index (χ2v) is 4.78. The highest BCUT2D eigenvalue weighted by Crippen LogP contribution is 2.22. The fraction of sp³-hybridized carbons (Fsp3) is 0.700. The Bertz CT molecular complexity index is 339. The molecule has 0 bridgehead atoms. The summed E-state index contributed by atoms with van der Waals surface area (Å²) in [7, 11) is 4.14. The van der Waals surface area contributed by atoms with Crippen molar-refractivity contribution in [1.29, 1.82) is 0 Å². The monoisotopic (exact) mass is 325 g/mol. The number of anilines is 2. The minimum Gasteiger partial charge on any atom is -0.386 e. The summed E-state index contributed by atoms with van der Waals surface area (Å²) in [6.07, 6.45) is 2.40. The molecule has 0 radical (unpaired) electrons. The summed E-state index contributed by atoms with van der Waals surface area (Å²) in [6, 6.07) is 8.89. The van der Waals surface area contributed by atoms with E-state index >= 15 is 0 Å². The molecule has 0 saturated heterocycles. The lowest BCUT2D eigenvalue weighted by Crippen LogP contribution is -2.34. The number of benzene rings is 1. The van der Waals surface area contributed by atoms with Crippen LogP contribution < -0.4 is 10.6 Å². The van der Waals surface area contributed by atoms with Crippen molar-refractivity contribution in [2.75, 3.05) is 37.8 Å². The van der Waals surface area contributed by atoms with Crippen LogP contribution in [0.15, 0.2) is 24.3 Å². The van der Waals surface area contributed by atoms with E-state index in [0.717, 1.165) is 18.8 Å². The lowest BCUT2D eigenvalue weighted by Gasteiger charge is -2.25. The van der Waals surface area contributed by atoms with Crippen LogP contribution in [0.5, 0.6) is 0 Å². The maximum absolute atomic E-state index is 3.66. The van der Waals surface area contributed by atoms with E-state index in [-0.39, 0.29) is 7.43 Å². The Morgan fingerprint density at radius 1 is 1.00 bits per heavy atom. The van der Waals surface area contributed by atoms with E-state index in [4.69, 9.17) is 0 Å². The van der Waals surface area contributed by atoms with E-state index < -0.39 is 0 Å². The molecule has 2 N–H and O–H groups in total. The third kappa shape index (κ3) is 11.9. The third-order valence-electron chi connectivity index (χ3n) is 3.27. The van der Waals surface area contributed by atoms with Crippen LogP contribution in [0.2, 0.25) is 0 Å². The summed E-state index contributed by atoms with van der Waals surface area (Å²) in [5.74, 6) is 0. The van der Waals surface area contributed by atoms with Gasteiger partial charge in [0.2, 0.25) is 0 Å². The SMILES string of the molecule is C.CC.CC.CCCC(CN(C)CC)Nc1ccccc1NC. The lowest BCUT2D eigenvalue weighted by atomic mass is 10.1. The van der Waals surface area contributed by atoms with E-state index in [1.54, 1.807) is 0 Å². The summed E-state index contributed by atoms with van der Waals surface area (Å²) in [5, 5.41) is 6.89. The molecule has 1 aromatic rings. The van der Waals surface area contributed by atoms with Crippen LogP contribution in [-0.4, -0.2) is 38.1 Å². The van der Waals surface area contributed by atoms with Crippen molar-refractivity contribution in [3.63, 3.8) is 0 Å². The zero-order chi connectivity index (χ0) is 17.4. The van der Waals surface area contributed by atoms with Gasteiger partial charge < -0.3 is 15.5 Å². The fourth-order valence-corrected chi connectivity index (χ4v) is 2.11. The highest BCUT2D eigenvalue weighted by Gasteiger charge is 2.11. The van der Waals surface area contributed by atoms with E-state index in [0.29, 0.717) is 6.04 Å². The van der Waals surface area contributed by atoms with Gasteiger partial charge in [-0.05, 0) is 32.1 Å². The highest BCUT2D eigenvalue weighted by atomic mass is 15.1. The van der Waals surface area contributed by atoms with Gasteiger partial charge in [-0.3, -0.25) is 0 Å². The van der Waals surface area contributed by atoms with E-state index in [1.807, 2.05) is 34.7 Å². The molecule has 1 rings (SSSR count). The zero-order valence-corrected chi connectivity index (χ0v) is 16.2. The van der Waals surface area contributed by atoms with Gasteiger partial charge in [0, 0.05) is 19.6 Å². The predicted molar refractivity (Wildman–Crippen MR) is 111 cm³/mol. The number of hydrogen-bond acceptors (Lipinski definition) is 3. The molecule has 0 saturated carbocycles. The molecule has 0 aliphatic heterocycles. The number of hydrogen-bond donors (Lipinski definition) is 2. The molecule has 1 unspecified atom stereocenters. The van der Waals surface area contributed by atoms with Crippen LogP contribution in [0.3, 0.4) is 0 Å². The van der Waals surface area contributed by atoms with Crippen molar-refractivity contribution in [2.45, 2.75) is 67.9 Å². The maximum atomic E-state index is 3.66. The summed E-state index contributed by atoms with van der Waals surface area (Å²) in [4.78, 5) is 2.36.